The maximum atomic E-state index is 5.59. The van der Waals surface area contributed by atoms with Gasteiger partial charge in [0.15, 0.2) is 5.96 Å². The Morgan fingerprint density at radius 2 is 2.08 bits per heavy atom. The lowest BCUT2D eigenvalue weighted by molar-refractivity contribution is 0.107. The van der Waals surface area contributed by atoms with Crippen molar-refractivity contribution in [1.82, 2.24) is 20.4 Å². The molecule has 0 unspecified atom stereocenters. The Morgan fingerprint density at radius 1 is 1.28 bits per heavy atom. The normalized spacial score (nSPS) is 16.5. The van der Waals surface area contributed by atoms with E-state index in [1.54, 1.807) is 0 Å². The second-order valence-corrected chi connectivity index (χ2v) is 6.55. The molecule has 0 atom stereocenters. The smallest absolute Gasteiger partial charge is 0.191 e. The van der Waals surface area contributed by atoms with E-state index in [9.17, 15) is 0 Å². The first kappa shape index (κ1) is 22.2. The largest absolute Gasteiger partial charge is 0.382 e. The van der Waals surface area contributed by atoms with Gasteiger partial charge in [0.05, 0.1) is 6.54 Å². The van der Waals surface area contributed by atoms with Crippen molar-refractivity contribution in [1.29, 1.82) is 0 Å². The van der Waals surface area contributed by atoms with Gasteiger partial charge >= 0.3 is 0 Å². The standard InChI is InChI=1S/C18H33N5O.HI/c1-3-19-17(20-12-14-23-13-7-11-22-23)21-16-18(8-5-6-9-18)10-15-24-4-2;/h7,11,13H,3-6,8-10,12,14-16H2,1-2H3,(H2,19,20,21);1H. The summed E-state index contributed by atoms with van der Waals surface area (Å²) in [6.45, 7) is 9.24. The summed E-state index contributed by atoms with van der Waals surface area (Å²) in [7, 11) is 0. The Bertz CT molecular complexity index is 472. The highest BCUT2D eigenvalue weighted by molar-refractivity contribution is 14.0. The number of hydrogen-bond donors (Lipinski definition) is 2. The number of aliphatic imine (C=N–C) groups is 1. The van der Waals surface area contributed by atoms with Crippen LogP contribution in [0.25, 0.3) is 0 Å². The monoisotopic (exact) mass is 463 g/mol. The van der Waals surface area contributed by atoms with E-state index in [0.29, 0.717) is 5.41 Å². The fraction of sp³-hybridized carbons (Fsp3) is 0.778. The topological polar surface area (TPSA) is 63.5 Å². The molecule has 0 amide bonds. The molecular weight excluding hydrogens is 429 g/mol. The lowest BCUT2D eigenvalue weighted by Gasteiger charge is -2.27. The van der Waals surface area contributed by atoms with Crippen LogP contribution in [0.15, 0.2) is 23.5 Å². The molecule has 2 rings (SSSR count). The number of aromatic nitrogens is 2. The predicted octanol–water partition coefficient (Wildman–Crippen LogP) is 3.04. The number of rotatable bonds is 10. The first-order valence-corrected chi connectivity index (χ1v) is 9.35. The zero-order chi connectivity index (χ0) is 17.1. The molecule has 2 N–H and O–H groups in total. The summed E-state index contributed by atoms with van der Waals surface area (Å²) in [5.41, 5.74) is 0.333. The second-order valence-electron chi connectivity index (χ2n) is 6.55. The third-order valence-electron chi connectivity index (χ3n) is 4.75. The quantitative estimate of drug-likeness (QED) is 0.242. The van der Waals surface area contributed by atoms with E-state index < -0.39 is 0 Å². The maximum Gasteiger partial charge on any atom is 0.191 e. The third-order valence-corrected chi connectivity index (χ3v) is 4.75. The third kappa shape index (κ3) is 7.94. The molecule has 0 spiro atoms. The van der Waals surface area contributed by atoms with E-state index in [1.165, 1.54) is 25.7 Å². The zero-order valence-electron chi connectivity index (χ0n) is 15.7. The van der Waals surface area contributed by atoms with Gasteiger partial charge in [0.25, 0.3) is 0 Å². The van der Waals surface area contributed by atoms with Crippen molar-refractivity contribution in [2.24, 2.45) is 10.4 Å². The van der Waals surface area contributed by atoms with Crippen LogP contribution in [0.4, 0.5) is 0 Å². The van der Waals surface area contributed by atoms with E-state index in [-0.39, 0.29) is 24.0 Å². The van der Waals surface area contributed by atoms with Crippen LogP contribution >= 0.6 is 24.0 Å². The molecule has 1 aliphatic rings. The lowest BCUT2D eigenvalue weighted by Crippen LogP contribution is -2.40. The van der Waals surface area contributed by atoms with Crippen LogP contribution in [0.3, 0.4) is 0 Å². The number of guanidine groups is 1. The first-order valence-electron chi connectivity index (χ1n) is 9.35. The van der Waals surface area contributed by atoms with E-state index in [2.05, 4.69) is 29.6 Å². The highest BCUT2D eigenvalue weighted by atomic mass is 127. The van der Waals surface area contributed by atoms with Crippen molar-refractivity contribution in [2.75, 3.05) is 32.8 Å². The van der Waals surface area contributed by atoms with Gasteiger partial charge in [-0.15, -0.1) is 24.0 Å². The number of halogens is 1. The number of ether oxygens (including phenoxy) is 1. The van der Waals surface area contributed by atoms with Crippen LogP contribution in [0.2, 0.25) is 0 Å². The molecule has 1 aliphatic carbocycles. The van der Waals surface area contributed by atoms with Gasteiger partial charge in [-0.05, 0) is 44.6 Å². The molecule has 0 radical (unpaired) electrons. The highest BCUT2D eigenvalue weighted by Crippen LogP contribution is 2.41. The molecule has 1 aromatic rings. The van der Waals surface area contributed by atoms with Gasteiger partial charge < -0.3 is 15.4 Å². The zero-order valence-corrected chi connectivity index (χ0v) is 18.0. The summed E-state index contributed by atoms with van der Waals surface area (Å²) in [4.78, 5) is 4.87. The summed E-state index contributed by atoms with van der Waals surface area (Å²) in [5.74, 6) is 0.910. The van der Waals surface area contributed by atoms with Crippen molar-refractivity contribution in [3.63, 3.8) is 0 Å². The average molecular weight is 463 g/mol. The van der Waals surface area contributed by atoms with Gasteiger partial charge in [-0.1, -0.05) is 12.8 Å². The minimum Gasteiger partial charge on any atom is -0.382 e. The minimum absolute atomic E-state index is 0. The van der Waals surface area contributed by atoms with Crippen LogP contribution in [0.1, 0.15) is 46.0 Å². The molecule has 7 heteroatoms. The molecule has 1 heterocycles. The van der Waals surface area contributed by atoms with Crippen LogP contribution in [0, 0.1) is 5.41 Å². The fourth-order valence-corrected chi connectivity index (χ4v) is 3.36. The van der Waals surface area contributed by atoms with Crippen molar-refractivity contribution in [3.05, 3.63) is 18.5 Å². The number of nitrogens with one attached hydrogen (secondary N) is 2. The Labute approximate surface area is 169 Å². The molecule has 1 aromatic heterocycles. The molecule has 6 nitrogen and oxygen atoms in total. The van der Waals surface area contributed by atoms with Gasteiger partial charge in [0, 0.05) is 45.2 Å². The number of hydrogen-bond acceptors (Lipinski definition) is 3. The number of nitrogens with zero attached hydrogens (tertiary/aromatic N) is 3. The van der Waals surface area contributed by atoms with Crippen molar-refractivity contribution in [3.8, 4) is 0 Å². The van der Waals surface area contributed by atoms with Gasteiger partial charge in [-0.25, -0.2) is 0 Å². The maximum absolute atomic E-state index is 5.59. The second kappa shape index (κ2) is 12.5. The molecule has 0 aromatic carbocycles. The summed E-state index contributed by atoms with van der Waals surface area (Å²) in [5, 5.41) is 11.0. The van der Waals surface area contributed by atoms with E-state index in [4.69, 9.17) is 9.73 Å². The molecule has 0 aliphatic heterocycles. The highest BCUT2D eigenvalue weighted by Gasteiger charge is 2.33. The van der Waals surface area contributed by atoms with E-state index >= 15 is 0 Å². The van der Waals surface area contributed by atoms with Gasteiger partial charge in [-0.2, -0.15) is 5.10 Å². The van der Waals surface area contributed by atoms with Crippen molar-refractivity contribution >= 4 is 29.9 Å². The summed E-state index contributed by atoms with van der Waals surface area (Å²) in [6, 6.07) is 1.95. The van der Waals surface area contributed by atoms with E-state index in [1.807, 2.05) is 23.1 Å². The molecule has 1 saturated carbocycles. The van der Waals surface area contributed by atoms with Crippen LogP contribution in [-0.2, 0) is 11.3 Å². The van der Waals surface area contributed by atoms with Crippen LogP contribution in [-0.4, -0.2) is 48.6 Å². The SMILES string of the molecule is CCNC(=NCC1(CCOCC)CCCC1)NCCn1cccn1.I. The molecule has 0 saturated heterocycles. The Balaban J connectivity index is 0.00000312. The van der Waals surface area contributed by atoms with Crippen molar-refractivity contribution in [2.45, 2.75) is 52.5 Å². The molecule has 144 valence electrons. The predicted molar refractivity (Wildman–Crippen MR) is 114 cm³/mol. The average Bonchev–Trinajstić information content (AvgIpc) is 3.25. The van der Waals surface area contributed by atoms with Crippen LogP contribution in [0.5, 0.6) is 0 Å². The lowest BCUT2D eigenvalue weighted by atomic mass is 9.83. The minimum atomic E-state index is 0. The molecule has 0 bridgehead atoms. The Morgan fingerprint density at radius 3 is 2.72 bits per heavy atom. The van der Waals surface area contributed by atoms with Gasteiger partial charge in [0.2, 0.25) is 0 Å². The Kier molecular flexibility index (Phi) is 11.1. The van der Waals surface area contributed by atoms with Crippen molar-refractivity contribution < 1.29 is 4.74 Å². The molecule has 25 heavy (non-hydrogen) atoms. The van der Waals surface area contributed by atoms with Gasteiger partial charge in [-0.3, -0.25) is 9.67 Å². The molecular formula is C18H34IN5O. The first-order chi connectivity index (χ1) is 11.8. The molecule has 1 fully saturated rings. The van der Waals surface area contributed by atoms with E-state index in [0.717, 1.165) is 51.8 Å². The van der Waals surface area contributed by atoms with Gasteiger partial charge in [0.1, 0.15) is 0 Å². The Hall–Kier alpha value is -0.830. The summed E-state index contributed by atoms with van der Waals surface area (Å²) >= 11 is 0. The van der Waals surface area contributed by atoms with Crippen LogP contribution < -0.4 is 10.6 Å². The fourth-order valence-electron chi connectivity index (χ4n) is 3.36. The summed E-state index contributed by atoms with van der Waals surface area (Å²) in [6.07, 6.45) is 10.1. The summed E-state index contributed by atoms with van der Waals surface area (Å²) < 4.78 is 7.52.